The van der Waals surface area contributed by atoms with E-state index in [1.54, 1.807) is 0 Å². The molecule has 12 aromatic rings. The van der Waals surface area contributed by atoms with Crippen molar-refractivity contribution in [1.82, 2.24) is 4.57 Å². The van der Waals surface area contributed by atoms with E-state index in [1.165, 1.54) is 53.1 Å². The maximum absolute atomic E-state index is 6.77. The quantitative estimate of drug-likeness (QED) is 0.168. The molecule has 0 atom stereocenters. The second-order valence-electron chi connectivity index (χ2n) is 14.9. The molecule has 0 aliphatic rings. The van der Waals surface area contributed by atoms with Crippen LogP contribution in [0.1, 0.15) is 0 Å². The van der Waals surface area contributed by atoms with Crippen LogP contribution in [0.2, 0.25) is 0 Å². The van der Waals surface area contributed by atoms with Crippen LogP contribution in [-0.4, -0.2) is 4.57 Å². The normalized spacial score (nSPS) is 11.8. The van der Waals surface area contributed by atoms with E-state index in [4.69, 9.17) is 4.42 Å². The lowest BCUT2D eigenvalue weighted by molar-refractivity contribution is 0.670. The van der Waals surface area contributed by atoms with E-state index < -0.39 is 0 Å². The minimum atomic E-state index is 0.874. The van der Waals surface area contributed by atoms with Crippen molar-refractivity contribution in [3.63, 3.8) is 0 Å². The zero-order valence-electron chi connectivity index (χ0n) is 31.3. The maximum atomic E-state index is 6.77. The van der Waals surface area contributed by atoms with Gasteiger partial charge in [0.25, 0.3) is 0 Å². The van der Waals surface area contributed by atoms with Crippen LogP contribution in [0.5, 0.6) is 0 Å². The minimum Gasteiger partial charge on any atom is -0.455 e. The van der Waals surface area contributed by atoms with Crippen LogP contribution in [0.3, 0.4) is 0 Å². The lowest BCUT2D eigenvalue weighted by atomic mass is 9.99. The highest BCUT2D eigenvalue weighted by Crippen LogP contribution is 2.45. The predicted octanol–water partition coefficient (Wildman–Crippen LogP) is 15.9. The first-order chi connectivity index (χ1) is 28.7. The van der Waals surface area contributed by atoms with Crippen molar-refractivity contribution in [3.05, 3.63) is 206 Å². The van der Waals surface area contributed by atoms with Crippen molar-refractivity contribution in [2.24, 2.45) is 0 Å². The van der Waals surface area contributed by atoms with Gasteiger partial charge < -0.3 is 13.9 Å². The van der Waals surface area contributed by atoms with Gasteiger partial charge in [-0.05, 0) is 102 Å². The van der Waals surface area contributed by atoms with Gasteiger partial charge in [-0.2, -0.15) is 0 Å². The van der Waals surface area contributed by atoms with Gasteiger partial charge in [0.15, 0.2) is 0 Å². The second kappa shape index (κ2) is 13.1. The predicted molar refractivity (Wildman–Crippen MR) is 247 cm³/mol. The molecular formula is C54H34N2OS. The van der Waals surface area contributed by atoms with Gasteiger partial charge in [-0.15, -0.1) is 11.3 Å². The molecule has 0 radical (unpaired) electrons. The summed E-state index contributed by atoms with van der Waals surface area (Å²) in [4.78, 5) is 2.38. The second-order valence-corrected chi connectivity index (χ2v) is 16.0. The molecule has 0 aliphatic heterocycles. The van der Waals surface area contributed by atoms with Crippen LogP contribution in [0.25, 0.3) is 91.9 Å². The molecular weight excluding hydrogens is 725 g/mol. The van der Waals surface area contributed by atoms with E-state index in [2.05, 4.69) is 210 Å². The minimum absolute atomic E-state index is 0.874. The van der Waals surface area contributed by atoms with E-state index in [0.717, 1.165) is 55.8 Å². The topological polar surface area (TPSA) is 21.3 Å². The van der Waals surface area contributed by atoms with E-state index in [1.807, 2.05) is 17.4 Å². The molecule has 4 heteroatoms. The third-order valence-electron chi connectivity index (χ3n) is 11.5. The monoisotopic (exact) mass is 758 g/mol. The number of aromatic nitrogens is 1. The van der Waals surface area contributed by atoms with Gasteiger partial charge in [-0.25, -0.2) is 0 Å². The van der Waals surface area contributed by atoms with Gasteiger partial charge in [0.05, 0.1) is 11.0 Å². The fourth-order valence-electron chi connectivity index (χ4n) is 8.92. The maximum Gasteiger partial charge on any atom is 0.143 e. The number of anilines is 3. The molecule has 0 spiro atoms. The Bertz CT molecular complexity index is 3480. The summed E-state index contributed by atoms with van der Waals surface area (Å²) in [6, 6.07) is 74.5. The summed E-state index contributed by atoms with van der Waals surface area (Å²) >= 11 is 1.85. The molecule has 0 aliphatic carbocycles. The average molecular weight is 759 g/mol. The molecule has 58 heavy (non-hydrogen) atoms. The molecule has 0 N–H and O–H groups in total. The molecule has 0 saturated heterocycles. The third kappa shape index (κ3) is 5.19. The number of para-hydroxylation sites is 4. The Labute approximate surface area is 338 Å². The van der Waals surface area contributed by atoms with Crippen LogP contribution in [0.4, 0.5) is 17.1 Å². The van der Waals surface area contributed by atoms with Crippen LogP contribution in [0, 0.1) is 0 Å². The summed E-state index contributed by atoms with van der Waals surface area (Å²) in [6.07, 6.45) is 0. The summed E-state index contributed by atoms with van der Waals surface area (Å²) in [5.41, 5.74) is 12.9. The molecule has 3 heterocycles. The molecule has 0 unspecified atom stereocenters. The molecule has 9 aromatic carbocycles. The Hall–Kier alpha value is -7.40. The molecule has 0 fully saturated rings. The van der Waals surface area contributed by atoms with E-state index in [0.29, 0.717) is 0 Å². The number of thiophene rings is 1. The van der Waals surface area contributed by atoms with Crippen molar-refractivity contribution < 1.29 is 4.42 Å². The zero-order valence-corrected chi connectivity index (χ0v) is 32.2. The third-order valence-corrected chi connectivity index (χ3v) is 12.7. The SMILES string of the molecule is c1ccc(N(c2cccc(-c3ccc4sc5ccccc5c4c3)c2)c2cc(-c3cccc(-n4c5ccccc5c5ccccc54)c3)c3oc4ccccc4c3c2)cc1. The van der Waals surface area contributed by atoms with Crippen molar-refractivity contribution in [1.29, 1.82) is 0 Å². The summed E-state index contributed by atoms with van der Waals surface area (Å²) in [6.45, 7) is 0. The molecule has 0 amide bonds. The number of hydrogen-bond acceptors (Lipinski definition) is 3. The first-order valence-electron chi connectivity index (χ1n) is 19.7. The van der Waals surface area contributed by atoms with Crippen LogP contribution < -0.4 is 4.90 Å². The van der Waals surface area contributed by atoms with Crippen molar-refractivity contribution >= 4 is 92.3 Å². The van der Waals surface area contributed by atoms with Crippen LogP contribution in [-0.2, 0) is 0 Å². The number of fused-ring (bicyclic) bond motifs is 9. The van der Waals surface area contributed by atoms with Gasteiger partial charge in [-0.1, -0.05) is 121 Å². The molecule has 0 bridgehead atoms. The Morgan fingerprint density at radius 1 is 0.379 bits per heavy atom. The summed E-state index contributed by atoms with van der Waals surface area (Å²) in [7, 11) is 0. The first kappa shape index (κ1) is 32.8. The molecule has 12 rings (SSSR count). The van der Waals surface area contributed by atoms with Gasteiger partial charge in [0.1, 0.15) is 11.2 Å². The fourth-order valence-corrected chi connectivity index (χ4v) is 10.0. The number of rotatable bonds is 6. The number of furan rings is 1. The van der Waals surface area contributed by atoms with Gasteiger partial charge in [0.2, 0.25) is 0 Å². The van der Waals surface area contributed by atoms with Crippen LogP contribution in [0.15, 0.2) is 211 Å². The summed E-state index contributed by atoms with van der Waals surface area (Å²) in [5.74, 6) is 0. The first-order valence-corrected chi connectivity index (χ1v) is 20.5. The Kier molecular flexibility index (Phi) is 7.40. The average Bonchev–Trinajstić information content (AvgIpc) is 3.96. The van der Waals surface area contributed by atoms with Gasteiger partial charge in [-0.3, -0.25) is 0 Å². The summed E-state index contributed by atoms with van der Waals surface area (Å²) in [5, 5.41) is 7.27. The molecule has 0 saturated carbocycles. The van der Waals surface area contributed by atoms with Crippen molar-refractivity contribution in [2.45, 2.75) is 0 Å². The number of benzene rings is 9. The van der Waals surface area contributed by atoms with Gasteiger partial charge >= 0.3 is 0 Å². The smallest absolute Gasteiger partial charge is 0.143 e. The fraction of sp³-hybridized carbons (Fsp3) is 0. The Balaban J connectivity index is 1.07. The largest absolute Gasteiger partial charge is 0.455 e. The molecule has 3 aromatic heterocycles. The standard InChI is InChI=1S/C54H34N2OS/c1-2-16-38(17-3-1)55(39-18-12-14-35(30-39)36-28-29-53-47(32-36)45-23-7-11-27-52(45)58-53)41-33-46(54-48(34-41)44-22-6-10-26-51(44)57-54)37-15-13-19-40(31-37)56-49-24-8-4-20-42(49)43-21-5-9-25-50(43)56/h1-34H. The van der Waals surface area contributed by atoms with E-state index in [9.17, 15) is 0 Å². The van der Waals surface area contributed by atoms with Crippen molar-refractivity contribution in [3.8, 4) is 27.9 Å². The summed E-state index contributed by atoms with van der Waals surface area (Å²) < 4.78 is 11.8. The zero-order chi connectivity index (χ0) is 38.2. The highest BCUT2D eigenvalue weighted by molar-refractivity contribution is 7.25. The lowest BCUT2D eigenvalue weighted by Gasteiger charge is -2.27. The van der Waals surface area contributed by atoms with Gasteiger partial charge in [0, 0.05) is 70.0 Å². The number of hydrogen-bond donors (Lipinski definition) is 0. The molecule has 3 nitrogen and oxygen atoms in total. The van der Waals surface area contributed by atoms with E-state index in [-0.39, 0.29) is 0 Å². The Morgan fingerprint density at radius 2 is 1.02 bits per heavy atom. The molecule has 272 valence electrons. The number of nitrogens with zero attached hydrogens (tertiary/aromatic N) is 2. The van der Waals surface area contributed by atoms with Crippen LogP contribution >= 0.6 is 11.3 Å². The Morgan fingerprint density at radius 3 is 1.84 bits per heavy atom. The highest BCUT2D eigenvalue weighted by Gasteiger charge is 2.21. The lowest BCUT2D eigenvalue weighted by Crippen LogP contribution is -2.10. The van der Waals surface area contributed by atoms with E-state index >= 15 is 0 Å². The highest BCUT2D eigenvalue weighted by atomic mass is 32.1. The van der Waals surface area contributed by atoms with Crippen molar-refractivity contribution in [2.75, 3.05) is 4.90 Å².